The van der Waals surface area contributed by atoms with Gasteiger partial charge in [-0.3, -0.25) is 9.59 Å². The highest BCUT2D eigenvalue weighted by atomic mass is 35.5. The first-order valence-corrected chi connectivity index (χ1v) is 11.7. The summed E-state index contributed by atoms with van der Waals surface area (Å²) in [5.41, 5.74) is 0.489. The highest BCUT2D eigenvalue weighted by molar-refractivity contribution is 7.89. The van der Waals surface area contributed by atoms with Crippen molar-refractivity contribution in [2.45, 2.75) is 17.7 Å². The molecule has 0 aliphatic carbocycles. The second-order valence-electron chi connectivity index (χ2n) is 7.08. The minimum atomic E-state index is -3.94. The van der Waals surface area contributed by atoms with E-state index in [1.54, 1.807) is 29.2 Å². The Kier molecular flexibility index (Phi) is 7.64. The summed E-state index contributed by atoms with van der Waals surface area (Å²) in [5.74, 6) is -1.14. The van der Waals surface area contributed by atoms with Crippen LogP contribution in [0.5, 0.6) is 0 Å². The van der Waals surface area contributed by atoms with Crippen LogP contribution in [0.25, 0.3) is 0 Å². The largest absolute Gasteiger partial charge is 0.352 e. The molecule has 0 radical (unpaired) electrons. The fraction of sp³-hybridized carbons (Fsp3) is 0.333. The molecule has 0 unspecified atom stereocenters. The maximum atomic E-state index is 13.9. The van der Waals surface area contributed by atoms with Crippen molar-refractivity contribution in [1.82, 2.24) is 14.5 Å². The lowest BCUT2D eigenvalue weighted by molar-refractivity contribution is -0.132. The molecule has 0 atom stereocenters. The number of carbonyl (C=O) groups excluding carboxylic acids is 2. The summed E-state index contributed by atoms with van der Waals surface area (Å²) in [6.07, 6.45) is 0.701. The average molecular weight is 468 g/mol. The molecule has 0 aromatic heterocycles. The zero-order valence-electron chi connectivity index (χ0n) is 16.8. The van der Waals surface area contributed by atoms with E-state index < -0.39 is 15.8 Å². The molecule has 2 aromatic carbocycles. The zero-order valence-corrected chi connectivity index (χ0v) is 18.3. The molecule has 0 bridgehead atoms. The normalized spacial score (nSPS) is 15.0. The summed E-state index contributed by atoms with van der Waals surface area (Å²) >= 11 is 5.80. The molecule has 1 heterocycles. The van der Waals surface area contributed by atoms with Crippen molar-refractivity contribution >= 4 is 33.4 Å². The second-order valence-corrected chi connectivity index (χ2v) is 9.42. The summed E-state index contributed by atoms with van der Waals surface area (Å²) in [6, 6.07) is 11.8. The third-order valence-electron chi connectivity index (χ3n) is 5.01. The van der Waals surface area contributed by atoms with Crippen molar-refractivity contribution in [2.24, 2.45) is 0 Å². The monoisotopic (exact) mass is 467 g/mol. The van der Waals surface area contributed by atoms with Crippen LogP contribution in [0.15, 0.2) is 53.4 Å². The number of halogens is 2. The molecule has 2 amide bonds. The van der Waals surface area contributed by atoms with Crippen LogP contribution in [-0.4, -0.2) is 62.2 Å². The lowest BCUT2D eigenvalue weighted by Gasteiger charge is -2.34. The van der Waals surface area contributed by atoms with Gasteiger partial charge >= 0.3 is 0 Å². The third kappa shape index (κ3) is 5.81. The molecule has 10 heteroatoms. The molecule has 166 valence electrons. The smallest absolute Gasteiger partial charge is 0.251 e. The van der Waals surface area contributed by atoms with Crippen LogP contribution < -0.4 is 5.32 Å². The Bertz CT molecular complexity index is 1040. The Hall–Kier alpha value is -2.49. The van der Waals surface area contributed by atoms with E-state index in [0.29, 0.717) is 23.6 Å². The topological polar surface area (TPSA) is 86.8 Å². The van der Waals surface area contributed by atoms with E-state index in [2.05, 4.69) is 5.32 Å². The Morgan fingerprint density at radius 2 is 1.65 bits per heavy atom. The van der Waals surface area contributed by atoms with Crippen molar-refractivity contribution in [3.8, 4) is 0 Å². The van der Waals surface area contributed by atoms with Crippen LogP contribution in [-0.2, 0) is 14.8 Å². The van der Waals surface area contributed by atoms with Crippen molar-refractivity contribution in [3.05, 3.63) is 64.9 Å². The van der Waals surface area contributed by atoms with E-state index >= 15 is 0 Å². The molecular weight excluding hydrogens is 445 g/mol. The fourth-order valence-electron chi connectivity index (χ4n) is 3.27. The summed E-state index contributed by atoms with van der Waals surface area (Å²) in [5, 5.41) is 3.30. The average Bonchev–Trinajstić information content (AvgIpc) is 2.77. The summed E-state index contributed by atoms with van der Waals surface area (Å²) in [7, 11) is -3.94. The first kappa shape index (κ1) is 23.2. The van der Waals surface area contributed by atoms with Crippen LogP contribution in [0, 0.1) is 5.82 Å². The maximum Gasteiger partial charge on any atom is 0.251 e. The molecule has 0 saturated carbocycles. The van der Waals surface area contributed by atoms with Gasteiger partial charge in [0.15, 0.2) is 0 Å². The number of nitrogens with one attached hydrogen (secondary N) is 1. The molecule has 3 rings (SSSR count). The number of sulfonamides is 1. The highest BCUT2D eigenvalue weighted by Crippen LogP contribution is 2.20. The van der Waals surface area contributed by atoms with Gasteiger partial charge in [0.2, 0.25) is 15.9 Å². The van der Waals surface area contributed by atoms with Gasteiger partial charge in [-0.2, -0.15) is 4.31 Å². The molecule has 2 aromatic rings. The second kappa shape index (κ2) is 10.2. The Morgan fingerprint density at radius 3 is 2.29 bits per heavy atom. The number of hydrogen-bond acceptors (Lipinski definition) is 4. The van der Waals surface area contributed by atoms with Gasteiger partial charge in [-0.05, 0) is 42.8 Å². The van der Waals surface area contributed by atoms with Gasteiger partial charge in [0.1, 0.15) is 10.7 Å². The first-order chi connectivity index (χ1) is 14.8. The number of nitrogens with zero attached hydrogens (tertiary/aromatic N) is 2. The van der Waals surface area contributed by atoms with Crippen LogP contribution in [0.3, 0.4) is 0 Å². The van der Waals surface area contributed by atoms with E-state index in [1.807, 2.05) is 0 Å². The Labute approximate surface area is 185 Å². The van der Waals surface area contributed by atoms with Gasteiger partial charge in [0, 0.05) is 49.7 Å². The molecule has 7 nitrogen and oxygen atoms in total. The number of benzene rings is 2. The van der Waals surface area contributed by atoms with Gasteiger partial charge in [0.25, 0.3) is 5.91 Å². The quantitative estimate of drug-likeness (QED) is 0.634. The van der Waals surface area contributed by atoms with Gasteiger partial charge in [0.05, 0.1) is 0 Å². The minimum absolute atomic E-state index is 0.107. The molecule has 1 saturated heterocycles. The summed E-state index contributed by atoms with van der Waals surface area (Å²) < 4.78 is 40.4. The number of piperazine rings is 1. The van der Waals surface area contributed by atoms with E-state index in [9.17, 15) is 22.4 Å². The Balaban J connectivity index is 1.42. The standard InChI is InChI=1S/C21H23ClFN3O4S/c22-17-9-7-16(8-10-17)21(28)24-11-3-6-20(27)25-12-14-26(15-13-25)31(29,30)19-5-2-1-4-18(19)23/h1-2,4-5,7-10H,3,6,11-15H2,(H,24,28). The number of amides is 2. The molecular formula is C21H23ClFN3O4S. The lowest BCUT2D eigenvalue weighted by atomic mass is 10.2. The van der Waals surface area contributed by atoms with Crippen LogP contribution >= 0.6 is 11.6 Å². The van der Waals surface area contributed by atoms with Crippen LogP contribution in [0.4, 0.5) is 4.39 Å². The van der Waals surface area contributed by atoms with E-state index in [1.165, 1.54) is 22.5 Å². The van der Waals surface area contributed by atoms with Crippen LogP contribution in [0.1, 0.15) is 23.2 Å². The minimum Gasteiger partial charge on any atom is -0.352 e. The van der Waals surface area contributed by atoms with Crippen molar-refractivity contribution in [3.63, 3.8) is 0 Å². The van der Waals surface area contributed by atoms with Crippen molar-refractivity contribution in [1.29, 1.82) is 0 Å². The van der Waals surface area contributed by atoms with Gasteiger partial charge in [-0.1, -0.05) is 23.7 Å². The molecule has 1 aliphatic heterocycles. The lowest BCUT2D eigenvalue weighted by Crippen LogP contribution is -2.50. The molecule has 1 N–H and O–H groups in total. The first-order valence-electron chi connectivity index (χ1n) is 9.85. The zero-order chi connectivity index (χ0) is 22.4. The van der Waals surface area contributed by atoms with Crippen molar-refractivity contribution < 1.29 is 22.4 Å². The van der Waals surface area contributed by atoms with E-state index in [-0.39, 0.29) is 49.3 Å². The molecule has 1 aliphatic rings. The summed E-state index contributed by atoms with van der Waals surface area (Å²) in [6.45, 7) is 1.04. The molecule has 1 fully saturated rings. The fourth-order valence-corrected chi connectivity index (χ4v) is 4.89. The van der Waals surface area contributed by atoms with Gasteiger partial charge < -0.3 is 10.2 Å². The Morgan fingerprint density at radius 1 is 1.00 bits per heavy atom. The molecule has 31 heavy (non-hydrogen) atoms. The molecule has 0 spiro atoms. The van der Waals surface area contributed by atoms with Crippen LogP contribution in [0.2, 0.25) is 5.02 Å². The van der Waals surface area contributed by atoms with Gasteiger partial charge in [-0.25, -0.2) is 12.8 Å². The predicted octanol–water partition coefficient (Wildman–Crippen LogP) is 2.52. The van der Waals surface area contributed by atoms with Gasteiger partial charge in [-0.15, -0.1) is 0 Å². The number of carbonyl (C=O) groups is 2. The highest BCUT2D eigenvalue weighted by Gasteiger charge is 2.31. The van der Waals surface area contributed by atoms with E-state index in [4.69, 9.17) is 11.6 Å². The SMILES string of the molecule is O=C(NCCCC(=O)N1CCN(S(=O)(=O)c2ccccc2F)CC1)c1ccc(Cl)cc1. The summed E-state index contributed by atoms with van der Waals surface area (Å²) in [4.78, 5) is 25.7. The number of hydrogen-bond donors (Lipinski definition) is 1. The number of rotatable bonds is 7. The maximum absolute atomic E-state index is 13.9. The van der Waals surface area contributed by atoms with E-state index in [0.717, 1.165) is 6.07 Å². The van der Waals surface area contributed by atoms with Crippen molar-refractivity contribution in [2.75, 3.05) is 32.7 Å². The third-order valence-corrected chi connectivity index (χ3v) is 7.19. The predicted molar refractivity (Wildman–Crippen MR) is 115 cm³/mol.